The summed E-state index contributed by atoms with van der Waals surface area (Å²) in [5.74, 6) is -1.43. The van der Waals surface area contributed by atoms with E-state index >= 15 is 0 Å². The molecule has 7 heteroatoms. The number of para-hydroxylation sites is 1. The van der Waals surface area contributed by atoms with Crippen molar-refractivity contribution in [3.8, 4) is 0 Å². The Bertz CT molecular complexity index is 980. The van der Waals surface area contributed by atoms with Crippen molar-refractivity contribution in [1.29, 1.82) is 0 Å². The lowest BCUT2D eigenvalue weighted by Gasteiger charge is -2.17. The van der Waals surface area contributed by atoms with Crippen LogP contribution >= 0.6 is 0 Å². The fraction of sp³-hybridized carbons (Fsp3) is 0.238. The molecule has 0 saturated heterocycles. The summed E-state index contributed by atoms with van der Waals surface area (Å²) >= 11 is 0. The van der Waals surface area contributed by atoms with Crippen LogP contribution in [0.15, 0.2) is 52.9 Å². The van der Waals surface area contributed by atoms with Gasteiger partial charge in [-0.3, -0.25) is 4.79 Å². The molecule has 0 radical (unpaired) electrons. The second kappa shape index (κ2) is 8.67. The average Bonchev–Trinajstić information content (AvgIpc) is 3.06. The van der Waals surface area contributed by atoms with E-state index in [1.807, 2.05) is 12.1 Å². The topological polar surface area (TPSA) is 69.0 Å². The van der Waals surface area contributed by atoms with Gasteiger partial charge in [0.2, 0.25) is 5.76 Å². The summed E-state index contributed by atoms with van der Waals surface area (Å²) in [6.07, 6.45) is 0. The standard InChI is InChI=1S/C21H20FNO5/c1-23(11-14-7-9-15(22)10-8-14)19(24)13-27-21(25)20-17(12-26-2)16-5-3-4-6-18(16)28-20/h3-10H,11-13H2,1-2H3. The number of halogens is 1. The highest BCUT2D eigenvalue weighted by molar-refractivity contribution is 5.96. The van der Waals surface area contributed by atoms with E-state index in [2.05, 4.69) is 0 Å². The molecular weight excluding hydrogens is 365 g/mol. The van der Waals surface area contributed by atoms with Crippen LogP contribution in [0.4, 0.5) is 4.39 Å². The monoisotopic (exact) mass is 385 g/mol. The predicted octanol–water partition coefficient (Wildman–Crippen LogP) is 3.53. The van der Waals surface area contributed by atoms with Crippen molar-refractivity contribution < 1.29 is 27.9 Å². The van der Waals surface area contributed by atoms with Gasteiger partial charge in [-0.1, -0.05) is 30.3 Å². The molecule has 0 bridgehead atoms. The van der Waals surface area contributed by atoms with Crippen molar-refractivity contribution in [3.63, 3.8) is 0 Å². The van der Waals surface area contributed by atoms with Crippen LogP contribution in [0.1, 0.15) is 21.7 Å². The number of hydrogen-bond acceptors (Lipinski definition) is 5. The van der Waals surface area contributed by atoms with Crippen molar-refractivity contribution in [2.45, 2.75) is 13.2 Å². The van der Waals surface area contributed by atoms with Gasteiger partial charge in [0.1, 0.15) is 11.4 Å². The summed E-state index contributed by atoms with van der Waals surface area (Å²) in [6, 6.07) is 13.0. The molecule has 6 nitrogen and oxygen atoms in total. The Kier molecular flexibility index (Phi) is 6.06. The van der Waals surface area contributed by atoms with Crippen LogP contribution in [0.5, 0.6) is 0 Å². The molecule has 0 atom stereocenters. The number of fused-ring (bicyclic) bond motifs is 1. The van der Waals surface area contributed by atoms with Crippen molar-refractivity contribution in [1.82, 2.24) is 4.90 Å². The lowest BCUT2D eigenvalue weighted by Crippen LogP contribution is -2.30. The number of carbonyl (C=O) groups is 2. The number of methoxy groups -OCH3 is 1. The number of likely N-dealkylation sites (N-methyl/N-ethyl adjacent to an activating group) is 1. The molecule has 0 unspecified atom stereocenters. The van der Waals surface area contributed by atoms with E-state index in [4.69, 9.17) is 13.9 Å². The minimum absolute atomic E-state index is 0.0250. The molecular formula is C21H20FNO5. The number of amides is 1. The Morgan fingerprint density at radius 2 is 1.82 bits per heavy atom. The molecule has 0 spiro atoms. The van der Waals surface area contributed by atoms with Gasteiger partial charge in [-0.05, 0) is 23.8 Å². The van der Waals surface area contributed by atoms with E-state index < -0.39 is 12.6 Å². The van der Waals surface area contributed by atoms with Gasteiger partial charge in [-0.15, -0.1) is 0 Å². The van der Waals surface area contributed by atoms with E-state index in [-0.39, 0.29) is 30.6 Å². The molecule has 0 saturated carbocycles. The van der Waals surface area contributed by atoms with Crippen molar-refractivity contribution in [2.75, 3.05) is 20.8 Å². The fourth-order valence-corrected chi connectivity index (χ4v) is 2.81. The summed E-state index contributed by atoms with van der Waals surface area (Å²) in [7, 11) is 3.10. The molecule has 0 fully saturated rings. The van der Waals surface area contributed by atoms with Crippen LogP contribution in [-0.4, -0.2) is 37.5 Å². The quantitative estimate of drug-likeness (QED) is 0.582. The number of carbonyl (C=O) groups excluding carboxylic acids is 2. The van der Waals surface area contributed by atoms with Crippen molar-refractivity contribution in [3.05, 3.63) is 71.2 Å². The lowest BCUT2D eigenvalue weighted by molar-refractivity contribution is -0.133. The number of esters is 1. The molecule has 146 valence electrons. The zero-order valence-electron chi connectivity index (χ0n) is 15.6. The van der Waals surface area contributed by atoms with Gasteiger partial charge in [0, 0.05) is 31.7 Å². The molecule has 0 aliphatic carbocycles. The first-order valence-electron chi connectivity index (χ1n) is 8.64. The number of ether oxygens (including phenoxy) is 2. The van der Waals surface area contributed by atoms with Gasteiger partial charge in [0.05, 0.1) is 6.61 Å². The Balaban J connectivity index is 1.64. The summed E-state index contributed by atoms with van der Waals surface area (Å²) in [5, 5.41) is 0.760. The van der Waals surface area contributed by atoms with Crippen LogP contribution < -0.4 is 0 Å². The Morgan fingerprint density at radius 1 is 1.11 bits per heavy atom. The third-order valence-corrected chi connectivity index (χ3v) is 4.26. The zero-order chi connectivity index (χ0) is 20.1. The largest absolute Gasteiger partial charge is 0.450 e. The molecule has 0 aliphatic heterocycles. The Morgan fingerprint density at radius 3 is 2.54 bits per heavy atom. The number of nitrogens with zero attached hydrogens (tertiary/aromatic N) is 1. The summed E-state index contributed by atoms with van der Waals surface area (Å²) in [5.41, 5.74) is 1.89. The minimum atomic E-state index is -0.730. The van der Waals surface area contributed by atoms with Crippen molar-refractivity contribution in [2.24, 2.45) is 0 Å². The fourth-order valence-electron chi connectivity index (χ4n) is 2.81. The third-order valence-electron chi connectivity index (χ3n) is 4.26. The molecule has 1 aromatic heterocycles. The van der Waals surface area contributed by atoms with Gasteiger partial charge in [-0.25, -0.2) is 9.18 Å². The number of furan rings is 1. The highest BCUT2D eigenvalue weighted by Gasteiger charge is 2.23. The second-order valence-electron chi connectivity index (χ2n) is 6.29. The van der Waals surface area contributed by atoms with Crippen LogP contribution in [0.2, 0.25) is 0 Å². The first-order valence-corrected chi connectivity index (χ1v) is 8.64. The van der Waals surface area contributed by atoms with Gasteiger partial charge in [-0.2, -0.15) is 0 Å². The van der Waals surface area contributed by atoms with E-state index in [0.29, 0.717) is 11.1 Å². The predicted molar refractivity (Wildman–Crippen MR) is 100 cm³/mol. The number of benzene rings is 2. The smallest absolute Gasteiger partial charge is 0.375 e. The molecule has 2 aromatic carbocycles. The average molecular weight is 385 g/mol. The number of hydrogen-bond donors (Lipinski definition) is 0. The maximum Gasteiger partial charge on any atom is 0.375 e. The van der Waals surface area contributed by atoms with Gasteiger partial charge >= 0.3 is 5.97 Å². The maximum atomic E-state index is 13.0. The molecule has 3 rings (SSSR count). The third kappa shape index (κ3) is 4.37. The first-order chi connectivity index (χ1) is 13.5. The SMILES string of the molecule is COCc1c(C(=O)OCC(=O)N(C)Cc2ccc(F)cc2)oc2ccccc12. The van der Waals surface area contributed by atoms with Gasteiger partial charge in [0.15, 0.2) is 6.61 Å². The molecule has 1 amide bonds. The maximum absolute atomic E-state index is 13.0. The number of rotatable bonds is 7. The zero-order valence-corrected chi connectivity index (χ0v) is 15.6. The van der Waals surface area contributed by atoms with Crippen LogP contribution in [0, 0.1) is 5.82 Å². The molecule has 0 N–H and O–H groups in total. The van der Waals surface area contributed by atoms with Gasteiger partial charge in [0.25, 0.3) is 5.91 Å². The Hall–Kier alpha value is -3.19. The highest BCUT2D eigenvalue weighted by Crippen LogP contribution is 2.27. The normalized spacial score (nSPS) is 10.8. The molecule has 28 heavy (non-hydrogen) atoms. The summed E-state index contributed by atoms with van der Waals surface area (Å²) < 4.78 is 28.9. The minimum Gasteiger partial charge on any atom is -0.450 e. The van der Waals surface area contributed by atoms with E-state index in [9.17, 15) is 14.0 Å². The van der Waals surface area contributed by atoms with E-state index in [0.717, 1.165) is 10.9 Å². The second-order valence-corrected chi connectivity index (χ2v) is 6.29. The van der Waals surface area contributed by atoms with E-state index in [1.54, 1.807) is 31.3 Å². The highest BCUT2D eigenvalue weighted by atomic mass is 19.1. The first kappa shape index (κ1) is 19.6. The molecule has 1 heterocycles. The van der Waals surface area contributed by atoms with Crippen LogP contribution in [0.3, 0.4) is 0 Å². The summed E-state index contributed by atoms with van der Waals surface area (Å²) in [6.45, 7) is 0.0239. The molecule has 0 aliphatic rings. The van der Waals surface area contributed by atoms with Crippen molar-refractivity contribution >= 4 is 22.8 Å². The lowest BCUT2D eigenvalue weighted by atomic mass is 10.1. The Labute approximate surface area is 161 Å². The van der Waals surface area contributed by atoms with E-state index in [1.165, 1.54) is 24.1 Å². The summed E-state index contributed by atoms with van der Waals surface area (Å²) in [4.78, 5) is 26.1. The van der Waals surface area contributed by atoms with Crippen LogP contribution in [-0.2, 0) is 27.4 Å². The van der Waals surface area contributed by atoms with Crippen LogP contribution in [0.25, 0.3) is 11.0 Å². The molecule has 3 aromatic rings. The van der Waals surface area contributed by atoms with Gasteiger partial charge < -0.3 is 18.8 Å².